The van der Waals surface area contributed by atoms with Crippen molar-refractivity contribution in [3.05, 3.63) is 48.8 Å². The predicted molar refractivity (Wildman–Crippen MR) is 222 cm³/mol. The molecule has 0 saturated carbocycles. The molecule has 10 heteroatoms. The number of quaternary nitrogens is 1. The lowest BCUT2D eigenvalue weighted by Crippen LogP contribution is -2.37. The fraction of sp³-hybridized carbons (Fsp3) is 0.773. The predicted octanol–water partition coefficient (Wildman–Crippen LogP) is 11.3. The molecule has 0 aliphatic heterocycles. The zero-order valence-electron chi connectivity index (χ0n) is 35.2. The number of phosphoric ester groups is 1. The highest BCUT2D eigenvalue weighted by Crippen LogP contribution is 2.38. The molecule has 0 saturated heterocycles. The second-order valence-electron chi connectivity index (χ2n) is 15.4. The Morgan fingerprint density at radius 3 is 1.76 bits per heavy atom. The maximum atomic E-state index is 12.5. The van der Waals surface area contributed by atoms with Gasteiger partial charge in [0.2, 0.25) is 0 Å². The van der Waals surface area contributed by atoms with Crippen LogP contribution >= 0.6 is 7.82 Å². The van der Waals surface area contributed by atoms with Crippen molar-refractivity contribution in [3.8, 4) is 0 Å². The number of nitrogens with zero attached hydrogens (tertiary/aromatic N) is 1. The molecule has 314 valence electrons. The van der Waals surface area contributed by atoms with Crippen LogP contribution in [-0.4, -0.2) is 69.8 Å². The van der Waals surface area contributed by atoms with Crippen LogP contribution in [0.5, 0.6) is 0 Å². The SMILES string of the molecule is CCCCCC/C=C\CCCCCCCC/C=C/O[C@H](COC(=O)CCCCCCC/C=C\C=C\C(=O)CCCCC)COP(=O)([O-])OCC[N+](C)(C)C. The number of allylic oxidation sites excluding steroid dienone is 7. The van der Waals surface area contributed by atoms with Crippen LogP contribution in [0.1, 0.15) is 168 Å². The Kier molecular flexibility index (Phi) is 35.2. The van der Waals surface area contributed by atoms with Gasteiger partial charge in [-0.05, 0) is 76.4 Å². The van der Waals surface area contributed by atoms with Gasteiger partial charge in [0, 0.05) is 12.8 Å². The third kappa shape index (κ3) is 39.7. The first-order chi connectivity index (χ1) is 26.0. The summed E-state index contributed by atoms with van der Waals surface area (Å²) < 4.78 is 34.2. The van der Waals surface area contributed by atoms with E-state index in [0.717, 1.165) is 77.0 Å². The van der Waals surface area contributed by atoms with Crippen LogP contribution in [0.15, 0.2) is 48.8 Å². The molecule has 0 amide bonds. The van der Waals surface area contributed by atoms with Crippen molar-refractivity contribution >= 4 is 19.6 Å². The average molecular weight is 782 g/mol. The van der Waals surface area contributed by atoms with Crippen LogP contribution in [0.25, 0.3) is 0 Å². The van der Waals surface area contributed by atoms with Crippen LogP contribution in [-0.2, 0) is 32.7 Å². The Balaban J connectivity index is 4.38. The molecule has 0 radical (unpaired) electrons. The quantitative estimate of drug-likeness (QED) is 0.00886. The van der Waals surface area contributed by atoms with Crippen LogP contribution in [0.4, 0.5) is 0 Å². The Hall–Kier alpha value is -2.03. The monoisotopic (exact) mass is 782 g/mol. The second-order valence-corrected chi connectivity index (χ2v) is 16.9. The second kappa shape index (κ2) is 36.6. The number of unbranched alkanes of at least 4 members (excludes halogenated alkanes) is 18. The highest BCUT2D eigenvalue weighted by Gasteiger charge is 2.19. The van der Waals surface area contributed by atoms with Gasteiger partial charge in [0.05, 0.1) is 34.0 Å². The molecule has 0 aromatic carbocycles. The smallest absolute Gasteiger partial charge is 0.305 e. The summed E-state index contributed by atoms with van der Waals surface area (Å²) in [6.45, 7) is 4.47. The van der Waals surface area contributed by atoms with E-state index in [0.29, 0.717) is 23.9 Å². The normalized spacial score (nSPS) is 14.1. The maximum Gasteiger partial charge on any atom is 0.305 e. The van der Waals surface area contributed by atoms with E-state index < -0.39 is 13.9 Å². The Morgan fingerprint density at radius 1 is 0.630 bits per heavy atom. The third-order valence-electron chi connectivity index (χ3n) is 8.92. The molecule has 1 unspecified atom stereocenters. The van der Waals surface area contributed by atoms with E-state index in [-0.39, 0.29) is 31.6 Å². The van der Waals surface area contributed by atoms with E-state index >= 15 is 0 Å². The first-order valence-electron chi connectivity index (χ1n) is 21.4. The number of esters is 1. The zero-order valence-corrected chi connectivity index (χ0v) is 36.0. The van der Waals surface area contributed by atoms with Crippen molar-refractivity contribution in [2.75, 3.05) is 47.5 Å². The largest absolute Gasteiger partial charge is 0.756 e. The molecular weight excluding hydrogens is 701 g/mol. The van der Waals surface area contributed by atoms with Gasteiger partial charge in [-0.3, -0.25) is 14.2 Å². The zero-order chi connectivity index (χ0) is 40.0. The average Bonchev–Trinajstić information content (AvgIpc) is 3.12. The summed E-state index contributed by atoms with van der Waals surface area (Å²) in [5.74, 6) is -0.150. The number of ketones is 1. The van der Waals surface area contributed by atoms with Crippen LogP contribution in [0.2, 0.25) is 0 Å². The fourth-order valence-corrected chi connectivity index (χ4v) is 6.17. The van der Waals surface area contributed by atoms with Crippen LogP contribution in [0, 0.1) is 0 Å². The van der Waals surface area contributed by atoms with Gasteiger partial charge < -0.3 is 27.9 Å². The minimum Gasteiger partial charge on any atom is -0.756 e. The van der Waals surface area contributed by atoms with Crippen LogP contribution < -0.4 is 4.89 Å². The van der Waals surface area contributed by atoms with Crippen molar-refractivity contribution in [2.24, 2.45) is 0 Å². The molecule has 0 aromatic heterocycles. The first-order valence-corrected chi connectivity index (χ1v) is 22.8. The highest BCUT2D eigenvalue weighted by atomic mass is 31.2. The van der Waals surface area contributed by atoms with Crippen molar-refractivity contribution in [1.82, 2.24) is 0 Å². The standard InChI is InChI=1S/C44H80NO8P/c1-6-8-10-11-12-13-14-15-16-17-18-19-23-26-29-33-38-50-43(41-53-54(48,49)52-39-37-45(3,4)5)40-51-44(47)36-32-28-25-22-20-21-24-27-31-35-42(46)34-30-9-7-2/h13-14,24,27,31,33,35,38,43H,6-12,15-23,25-26,28-30,32,34,36-37,39-41H2,1-5H3/b14-13-,27-24-,35-31+,38-33+/t43-/m1/s1. The number of hydrogen-bond acceptors (Lipinski definition) is 8. The van der Waals surface area contributed by atoms with Gasteiger partial charge in [-0.25, -0.2) is 0 Å². The third-order valence-corrected chi connectivity index (χ3v) is 9.88. The molecule has 0 heterocycles. The van der Waals surface area contributed by atoms with Crippen molar-refractivity contribution in [1.29, 1.82) is 0 Å². The summed E-state index contributed by atoms with van der Waals surface area (Å²) in [6, 6.07) is 0. The molecule has 0 bridgehead atoms. The van der Waals surface area contributed by atoms with Gasteiger partial charge in [0.25, 0.3) is 7.82 Å². The van der Waals surface area contributed by atoms with E-state index in [1.54, 1.807) is 12.3 Å². The van der Waals surface area contributed by atoms with E-state index in [1.807, 2.05) is 39.4 Å². The molecule has 0 spiro atoms. The van der Waals surface area contributed by atoms with Gasteiger partial charge in [-0.2, -0.15) is 0 Å². The molecule has 9 nitrogen and oxygen atoms in total. The Morgan fingerprint density at radius 2 is 1.15 bits per heavy atom. The molecule has 0 aliphatic rings. The van der Waals surface area contributed by atoms with E-state index in [2.05, 4.69) is 32.1 Å². The summed E-state index contributed by atoms with van der Waals surface area (Å²) >= 11 is 0. The van der Waals surface area contributed by atoms with Gasteiger partial charge in [0.1, 0.15) is 19.8 Å². The summed E-state index contributed by atoms with van der Waals surface area (Å²) in [5.41, 5.74) is 0. The van der Waals surface area contributed by atoms with Crippen LogP contribution in [0.3, 0.4) is 0 Å². The van der Waals surface area contributed by atoms with E-state index in [4.69, 9.17) is 18.5 Å². The van der Waals surface area contributed by atoms with Gasteiger partial charge in [-0.15, -0.1) is 0 Å². The minimum atomic E-state index is -4.54. The van der Waals surface area contributed by atoms with E-state index in [9.17, 15) is 19.0 Å². The number of hydrogen-bond donors (Lipinski definition) is 0. The molecule has 0 N–H and O–H groups in total. The lowest BCUT2D eigenvalue weighted by atomic mass is 10.1. The number of phosphoric acid groups is 1. The number of ether oxygens (including phenoxy) is 2. The summed E-state index contributed by atoms with van der Waals surface area (Å²) in [6.07, 6.45) is 40.5. The van der Waals surface area contributed by atoms with Crippen molar-refractivity contribution < 1.29 is 42.1 Å². The topological polar surface area (TPSA) is 111 Å². The molecule has 54 heavy (non-hydrogen) atoms. The summed E-state index contributed by atoms with van der Waals surface area (Å²) in [4.78, 5) is 36.5. The molecule has 0 rings (SSSR count). The van der Waals surface area contributed by atoms with Crippen molar-refractivity contribution in [3.63, 3.8) is 0 Å². The molecule has 0 aromatic rings. The molecule has 0 aliphatic carbocycles. The van der Waals surface area contributed by atoms with E-state index in [1.165, 1.54) is 64.2 Å². The summed E-state index contributed by atoms with van der Waals surface area (Å²) in [5, 5.41) is 0. The molecular formula is C44H80NO8P. The fourth-order valence-electron chi connectivity index (χ4n) is 5.45. The molecule has 2 atom stereocenters. The Labute approximate surface area is 331 Å². The van der Waals surface area contributed by atoms with Gasteiger partial charge in [0.15, 0.2) is 11.9 Å². The number of likely N-dealkylation sites (N-methyl/N-ethyl adjacent to an activating group) is 1. The lowest BCUT2D eigenvalue weighted by molar-refractivity contribution is -0.870. The number of carbonyl (C=O) groups is 2. The van der Waals surface area contributed by atoms with Gasteiger partial charge in [-0.1, -0.05) is 121 Å². The van der Waals surface area contributed by atoms with Crippen molar-refractivity contribution in [2.45, 2.75) is 174 Å². The Bertz CT molecular complexity index is 1070. The number of rotatable bonds is 39. The number of carbonyl (C=O) groups excluding carboxylic acids is 2. The van der Waals surface area contributed by atoms with Gasteiger partial charge >= 0.3 is 5.97 Å². The minimum absolute atomic E-state index is 0.0103. The first kappa shape index (κ1) is 52.0. The molecule has 0 fully saturated rings. The highest BCUT2D eigenvalue weighted by molar-refractivity contribution is 7.45. The lowest BCUT2D eigenvalue weighted by Gasteiger charge is -2.28. The summed E-state index contributed by atoms with van der Waals surface area (Å²) in [7, 11) is 1.30. The maximum absolute atomic E-state index is 12.5.